The van der Waals surface area contributed by atoms with Crippen LogP contribution in [0.5, 0.6) is 0 Å². The molecule has 0 radical (unpaired) electrons. The lowest BCUT2D eigenvalue weighted by Crippen LogP contribution is -2.40. The Hall–Kier alpha value is -3.66. The van der Waals surface area contributed by atoms with E-state index in [4.69, 9.17) is 5.11 Å². The van der Waals surface area contributed by atoms with Gasteiger partial charge in [-0.25, -0.2) is 0 Å². The predicted octanol–water partition coefficient (Wildman–Crippen LogP) is 2.53. The van der Waals surface area contributed by atoms with Crippen molar-refractivity contribution in [3.05, 3.63) is 58.5 Å². The molecular formula is C23H24N4O5S. The van der Waals surface area contributed by atoms with E-state index < -0.39 is 24.3 Å². The molecular weight excluding hydrogens is 444 g/mol. The molecule has 172 valence electrons. The molecule has 0 saturated carbocycles. The van der Waals surface area contributed by atoms with Crippen LogP contribution in [0.25, 0.3) is 11.0 Å². The number of aliphatic carboxylic acids is 1. The Morgan fingerprint density at radius 2 is 1.88 bits per heavy atom. The molecule has 2 amide bonds. The maximum atomic E-state index is 12.7. The Kier molecular flexibility index (Phi) is 8.59. The van der Waals surface area contributed by atoms with Gasteiger partial charge >= 0.3 is 5.97 Å². The number of carboxylic acid groups (broad SMARTS) is 1. The summed E-state index contributed by atoms with van der Waals surface area (Å²) < 4.78 is 0. The van der Waals surface area contributed by atoms with Gasteiger partial charge in [0.05, 0.1) is 29.4 Å². The van der Waals surface area contributed by atoms with Gasteiger partial charge in [-0.2, -0.15) is 0 Å². The largest absolute Gasteiger partial charge is 0.481 e. The first-order valence-corrected chi connectivity index (χ1v) is 11.4. The Labute approximate surface area is 194 Å². The average molecular weight is 469 g/mol. The number of carboxylic acids is 1. The highest BCUT2D eigenvalue weighted by Gasteiger charge is 2.24. The topological polar surface area (TPSA) is 138 Å². The van der Waals surface area contributed by atoms with Crippen molar-refractivity contribution in [3.8, 4) is 0 Å². The van der Waals surface area contributed by atoms with Crippen LogP contribution in [-0.4, -0.2) is 51.7 Å². The van der Waals surface area contributed by atoms with Crippen molar-refractivity contribution in [2.24, 2.45) is 0 Å². The van der Waals surface area contributed by atoms with Crippen LogP contribution < -0.4 is 10.6 Å². The van der Waals surface area contributed by atoms with E-state index in [1.165, 1.54) is 11.3 Å². The van der Waals surface area contributed by atoms with Crippen LogP contribution in [0.3, 0.4) is 0 Å². The van der Waals surface area contributed by atoms with E-state index in [1.54, 1.807) is 30.6 Å². The van der Waals surface area contributed by atoms with Crippen molar-refractivity contribution < 1.29 is 24.3 Å². The average Bonchev–Trinajstić information content (AvgIpc) is 3.34. The monoisotopic (exact) mass is 468 g/mol. The minimum Gasteiger partial charge on any atom is -0.481 e. The summed E-state index contributed by atoms with van der Waals surface area (Å²) in [7, 11) is 0. The molecule has 0 saturated heterocycles. The third-order valence-electron chi connectivity index (χ3n) is 5.03. The van der Waals surface area contributed by atoms with Gasteiger partial charge in [0.15, 0.2) is 0 Å². The summed E-state index contributed by atoms with van der Waals surface area (Å²) in [6.45, 7) is 0.437. The third-order valence-corrected chi connectivity index (χ3v) is 6.01. The van der Waals surface area contributed by atoms with Crippen LogP contribution in [0.15, 0.2) is 48.1 Å². The number of thiophene rings is 1. The van der Waals surface area contributed by atoms with Crippen LogP contribution >= 0.6 is 11.3 Å². The summed E-state index contributed by atoms with van der Waals surface area (Å²) in [6, 6.07) is 7.75. The fourth-order valence-electron chi connectivity index (χ4n) is 3.38. The van der Waals surface area contributed by atoms with Gasteiger partial charge in [-0.05, 0) is 42.5 Å². The Morgan fingerprint density at radius 1 is 1.09 bits per heavy atom. The van der Waals surface area contributed by atoms with Crippen LogP contribution in [-0.2, 0) is 14.4 Å². The maximum Gasteiger partial charge on any atom is 0.305 e. The number of nitrogens with one attached hydrogen (secondary N) is 2. The van der Waals surface area contributed by atoms with Crippen LogP contribution in [0, 0.1) is 0 Å². The zero-order valence-corrected chi connectivity index (χ0v) is 18.6. The van der Waals surface area contributed by atoms with E-state index in [-0.39, 0.29) is 11.8 Å². The highest BCUT2D eigenvalue weighted by molar-refractivity contribution is 7.10. The first kappa shape index (κ1) is 24.0. The van der Waals surface area contributed by atoms with E-state index in [1.807, 2.05) is 17.5 Å². The normalized spacial score (nSPS) is 12.6. The second kappa shape index (κ2) is 11.8. The molecule has 33 heavy (non-hydrogen) atoms. The third kappa shape index (κ3) is 6.91. The molecule has 3 N–H and O–H groups in total. The molecule has 0 bridgehead atoms. The summed E-state index contributed by atoms with van der Waals surface area (Å²) in [5.74, 6) is -2.24. The number of nitrogens with zero attached hydrogens (tertiary/aromatic N) is 2. The zero-order valence-electron chi connectivity index (χ0n) is 17.8. The molecule has 3 aromatic rings. The van der Waals surface area contributed by atoms with Crippen molar-refractivity contribution in [3.63, 3.8) is 0 Å². The number of benzene rings is 1. The molecule has 0 aliphatic heterocycles. The highest BCUT2D eigenvalue weighted by Crippen LogP contribution is 2.26. The van der Waals surface area contributed by atoms with Gasteiger partial charge in [0.25, 0.3) is 5.91 Å². The van der Waals surface area contributed by atoms with Gasteiger partial charge in [-0.15, -0.1) is 11.3 Å². The fourth-order valence-corrected chi connectivity index (χ4v) is 4.24. The highest BCUT2D eigenvalue weighted by atomic mass is 32.1. The molecule has 10 heteroatoms. The molecule has 0 aliphatic carbocycles. The van der Waals surface area contributed by atoms with Crippen molar-refractivity contribution in [2.75, 3.05) is 6.54 Å². The quantitative estimate of drug-likeness (QED) is 0.274. The number of fused-ring (bicyclic) bond motifs is 1. The molecule has 0 fully saturated rings. The molecule has 0 spiro atoms. The van der Waals surface area contributed by atoms with E-state index >= 15 is 0 Å². The second-order valence-corrected chi connectivity index (χ2v) is 8.41. The number of aromatic nitrogens is 2. The number of aldehydes is 1. The van der Waals surface area contributed by atoms with Gasteiger partial charge < -0.3 is 20.5 Å². The number of carbonyl (C=O) groups excluding carboxylic acids is 3. The molecule has 1 aromatic carbocycles. The van der Waals surface area contributed by atoms with Crippen molar-refractivity contribution in [2.45, 2.75) is 37.6 Å². The van der Waals surface area contributed by atoms with Crippen LogP contribution in [0.1, 0.15) is 46.8 Å². The molecule has 9 nitrogen and oxygen atoms in total. The summed E-state index contributed by atoms with van der Waals surface area (Å²) in [5, 5.41) is 16.1. The van der Waals surface area contributed by atoms with Gasteiger partial charge in [0.1, 0.15) is 6.29 Å². The van der Waals surface area contributed by atoms with E-state index in [9.17, 15) is 19.2 Å². The molecule has 2 atom stereocenters. The molecule has 3 rings (SSSR count). The lowest BCUT2D eigenvalue weighted by Gasteiger charge is -2.18. The zero-order chi connectivity index (χ0) is 23.6. The molecule has 2 heterocycles. The maximum absolute atomic E-state index is 12.7. The summed E-state index contributed by atoms with van der Waals surface area (Å²) in [4.78, 5) is 56.3. The summed E-state index contributed by atoms with van der Waals surface area (Å²) >= 11 is 1.43. The van der Waals surface area contributed by atoms with Gasteiger partial charge in [-0.1, -0.05) is 12.5 Å². The first-order valence-electron chi connectivity index (χ1n) is 10.5. The van der Waals surface area contributed by atoms with Gasteiger partial charge in [0, 0.05) is 29.4 Å². The molecule has 1 unspecified atom stereocenters. The van der Waals surface area contributed by atoms with Crippen molar-refractivity contribution >= 4 is 46.4 Å². The fraction of sp³-hybridized carbons (Fsp3) is 0.304. The number of unbranched alkanes of at least 4 members (excludes halogenated alkanes) is 1. The lowest BCUT2D eigenvalue weighted by molar-refractivity contribution is -0.138. The number of hydrogen-bond donors (Lipinski definition) is 3. The second-order valence-electron chi connectivity index (χ2n) is 7.43. The summed E-state index contributed by atoms with van der Waals surface area (Å²) in [6.07, 6.45) is 4.96. The van der Waals surface area contributed by atoms with E-state index in [0.29, 0.717) is 48.7 Å². The Morgan fingerprint density at radius 3 is 2.58 bits per heavy atom. The number of carbonyl (C=O) groups is 4. The van der Waals surface area contributed by atoms with E-state index in [2.05, 4.69) is 20.6 Å². The standard InChI is InChI=1S/C23H24N4O5S/c28-14-16(13-21(29)30)27-23(32)17(20-5-3-11-33-20)4-1-2-8-26-22(31)15-6-7-18-19(12-15)25-10-9-24-18/h3,5-7,9-12,14,16-17H,1-2,4,8,13H2,(H,26,31)(H,27,32)(H,29,30)/t16-,17?/m0/s1. The lowest BCUT2D eigenvalue weighted by atomic mass is 9.98. The van der Waals surface area contributed by atoms with Crippen LogP contribution in [0.4, 0.5) is 0 Å². The van der Waals surface area contributed by atoms with Gasteiger partial charge in [0.2, 0.25) is 5.91 Å². The number of rotatable bonds is 12. The van der Waals surface area contributed by atoms with E-state index in [0.717, 1.165) is 4.88 Å². The van der Waals surface area contributed by atoms with Crippen molar-refractivity contribution in [1.82, 2.24) is 20.6 Å². The minimum absolute atomic E-state index is 0.211. The molecule has 2 aromatic heterocycles. The van der Waals surface area contributed by atoms with Crippen LogP contribution in [0.2, 0.25) is 0 Å². The Balaban J connectivity index is 1.50. The number of hydrogen-bond acceptors (Lipinski definition) is 7. The van der Waals surface area contributed by atoms with Crippen molar-refractivity contribution in [1.29, 1.82) is 0 Å². The van der Waals surface area contributed by atoms with Gasteiger partial charge in [-0.3, -0.25) is 24.4 Å². The predicted molar refractivity (Wildman–Crippen MR) is 123 cm³/mol. The SMILES string of the molecule is O=C[C@H](CC(=O)O)NC(=O)C(CCCCNC(=O)c1ccc2nccnc2c1)c1cccs1. The summed E-state index contributed by atoms with van der Waals surface area (Å²) in [5.41, 5.74) is 1.86. The Bertz CT molecular complexity index is 1120. The minimum atomic E-state index is -1.16. The smallest absolute Gasteiger partial charge is 0.305 e. The molecule has 0 aliphatic rings. The number of amides is 2. The first-order chi connectivity index (χ1) is 16.0.